The molecule has 0 spiro atoms. The molecule has 1 heterocycles. The van der Waals surface area contributed by atoms with E-state index in [-0.39, 0.29) is 29.3 Å². The monoisotopic (exact) mass is 299 g/mol. The van der Waals surface area contributed by atoms with Crippen molar-refractivity contribution in [2.75, 3.05) is 0 Å². The lowest BCUT2D eigenvalue weighted by Crippen LogP contribution is -2.63. The lowest BCUT2D eigenvalue weighted by Gasteiger charge is -2.52. The molecule has 5 nitrogen and oxygen atoms in total. The topological polar surface area (TPSA) is 57.1 Å². The molecule has 0 unspecified atom stereocenters. The van der Waals surface area contributed by atoms with Gasteiger partial charge in [0.15, 0.2) is 0 Å². The molecule has 0 radical (unpaired) electrons. The highest BCUT2D eigenvalue weighted by Crippen LogP contribution is 2.38. The second-order valence-electron chi connectivity index (χ2n) is 7.90. The largest absolute Gasteiger partial charge is 0.393 e. The molecule has 124 valence electrons. The SMILES string of the molecule is CC(C)/N=C(\NC(C)C)ON1C(C)(C)CC(O)CC1(C)C. The fourth-order valence-electron chi connectivity index (χ4n) is 3.11. The maximum atomic E-state index is 10.1. The summed E-state index contributed by atoms with van der Waals surface area (Å²) in [7, 11) is 0. The Bertz CT molecular complexity index is 358. The molecular weight excluding hydrogens is 266 g/mol. The highest BCUT2D eigenvalue weighted by Gasteiger charge is 2.47. The average molecular weight is 299 g/mol. The molecule has 0 atom stereocenters. The van der Waals surface area contributed by atoms with Crippen molar-refractivity contribution in [2.45, 2.75) is 97.5 Å². The van der Waals surface area contributed by atoms with Gasteiger partial charge in [-0.2, -0.15) is 0 Å². The zero-order valence-corrected chi connectivity index (χ0v) is 14.9. The van der Waals surface area contributed by atoms with Gasteiger partial charge in [-0.3, -0.25) is 0 Å². The molecule has 1 rings (SSSR count). The predicted molar refractivity (Wildman–Crippen MR) is 87.2 cm³/mol. The summed E-state index contributed by atoms with van der Waals surface area (Å²) in [5, 5.41) is 15.4. The van der Waals surface area contributed by atoms with Crippen molar-refractivity contribution < 1.29 is 9.94 Å². The van der Waals surface area contributed by atoms with Crippen LogP contribution in [0.25, 0.3) is 0 Å². The molecule has 0 aromatic heterocycles. The number of amidine groups is 1. The number of aliphatic imine (C=N–C) groups is 1. The van der Waals surface area contributed by atoms with Crippen molar-refractivity contribution in [2.24, 2.45) is 4.99 Å². The van der Waals surface area contributed by atoms with E-state index in [0.29, 0.717) is 18.9 Å². The summed E-state index contributed by atoms with van der Waals surface area (Å²) in [6.45, 7) is 16.6. The van der Waals surface area contributed by atoms with Crippen molar-refractivity contribution in [1.29, 1.82) is 0 Å². The first-order chi connectivity index (χ1) is 9.44. The number of aliphatic hydroxyl groups excluding tert-OH is 1. The van der Waals surface area contributed by atoms with E-state index >= 15 is 0 Å². The molecule has 0 saturated carbocycles. The van der Waals surface area contributed by atoms with Crippen LogP contribution in [0.3, 0.4) is 0 Å². The molecule has 1 aliphatic rings. The molecule has 0 amide bonds. The highest BCUT2D eigenvalue weighted by atomic mass is 16.7. The van der Waals surface area contributed by atoms with Crippen LogP contribution in [0.5, 0.6) is 0 Å². The molecule has 0 aromatic carbocycles. The zero-order chi connectivity index (χ0) is 16.4. The number of hydrogen-bond donors (Lipinski definition) is 2. The number of nitrogens with zero attached hydrogens (tertiary/aromatic N) is 2. The Hall–Kier alpha value is -0.810. The fraction of sp³-hybridized carbons (Fsp3) is 0.938. The van der Waals surface area contributed by atoms with E-state index in [1.54, 1.807) is 0 Å². The third-order valence-electron chi connectivity index (χ3n) is 3.54. The van der Waals surface area contributed by atoms with Gasteiger partial charge in [-0.1, -0.05) is 0 Å². The van der Waals surface area contributed by atoms with Crippen molar-refractivity contribution >= 4 is 6.02 Å². The lowest BCUT2D eigenvalue weighted by atomic mass is 9.80. The molecule has 0 aliphatic carbocycles. The summed E-state index contributed by atoms with van der Waals surface area (Å²) >= 11 is 0. The summed E-state index contributed by atoms with van der Waals surface area (Å²) in [5.74, 6) is 0. The second kappa shape index (κ2) is 6.53. The van der Waals surface area contributed by atoms with E-state index < -0.39 is 0 Å². The van der Waals surface area contributed by atoms with Gasteiger partial charge in [-0.25, -0.2) is 4.99 Å². The Morgan fingerprint density at radius 3 is 2.00 bits per heavy atom. The minimum atomic E-state index is -0.293. The van der Waals surface area contributed by atoms with Crippen molar-refractivity contribution in [3.63, 3.8) is 0 Å². The van der Waals surface area contributed by atoms with Crippen molar-refractivity contribution in [3.05, 3.63) is 0 Å². The second-order valence-corrected chi connectivity index (χ2v) is 7.90. The van der Waals surface area contributed by atoms with Crippen LogP contribution in [0, 0.1) is 0 Å². The van der Waals surface area contributed by atoms with Crippen molar-refractivity contribution in [1.82, 2.24) is 10.4 Å². The van der Waals surface area contributed by atoms with E-state index in [1.807, 2.05) is 18.9 Å². The Morgan fingerprint density at radius 2 is 1.62 bits per heavy atom. The van der Waals surface area contributed by atoms with Crippen LogP contribution < -0.4 is 5.32 Å². The maximum Gasteiger partial charge on any atom is 0.305 e. The molecule has 1 aliphatic heterocycles. The third-order valence-corrected chi connectivity index (χ3v) is 3.54. The van der Waals surface area contributed by atoms with Crippen LogP contribution in [0.1, 0.15) is 68.2 Å². The Morgan fingerprint density at radius 1 is 1.14 bits per heavy atom. The quantitative estimate of drug-likeness (QED) is 0.621. The predicted octanol–water partition coefficient (Wildman–Crippen LogP) is 2.69. The number of hydrogen-bond acceptors (Lipinski definition) is 4. The molecule has 2 N–H and O–H groups in total. The van der Waals surface area contributed by atoms with Gasteiger partial charge in [0.2, 0.25) is 0 Å². The van der Waals surface area contributed by atoms with E-state index in [4.69, 9.17) is 4.84 Å². The summed E-state index contributed by atoms with van der Waals surface area (Å²) in [5.41, 5.74) is -0.505. The third kappa shape index (κ3) is 5.15. The molecule has 0 aromatic rings. The molecule has 5 heteroatoms. The molecule has 21 heavy (non-hydrogen) atoms. The van der Waals surface area contributed by atoms with E-state index in [2.05, 4.69) is 51.9 Å². The average Bonchev–Trinajstić information content (AvgIpc) is 2.19. The minimum absolute atomic E-state index is 0.160. The standard InChI is InChI=1S/C16H33N3O2/c1-11(2)17-14(18-12(3)4)21-19-15(5,6)9-13(20)10-16(19,7)8/h11-13,20H,9-10H2,1-8H3,(H,17,18). The molecule has 0 bridgehead atoms. The van der Waals surface area contributed by atoms with Gasteiger partial charge >= 0.3 is 6.02 Å². The number of rotatable bonds is 3. The van der Waals surface area contributed by atoms with Gasteiger partial charge in [-0.05, 0) is 68.2 Å². The van der Waals surface area contributed by atoms with Gasteiger partial charge in [0.1, 0.15) is 0 Å². The Kier molecular flexibility index (Phi) is 5.67. The van der Waals surface area contributed by atoms with E-state index in [9.17, 15) is 5.11 Å². The first kappa shape index (κ1) is 18.2. The fourth-order valence-corrected chi connectivity index (χ4v) is 3.11. The molecular formula is C16H33N3O2. The van der Waals surface area contributed by atoms with Gasteiger partial charge < -0.3 is 15.3 Å². The summed E-state index contributed by atoms with van der Waals surface area (Å²) in [6.07, 6.45) is 1.08. The summed E-state index contributed by atoms with van der Waals surface area (Å²) < 4.78 is 0. The van der Waals surface area contributed by atoms with Gasteiger partial charge in [0, 0.05) is 12.1 Å². The minimum Gasteiger partial charge on any atom is -0.393 e. The van der Waals surface area contributed by atoms with Crippen LogP contribution in [-0.4, -0.2) is 45.5 Å². The number of hydroxylamine groups is 2. The van der Waals surface area contributed by atoms with Crippen LogP contribution in [0.2, 0.25) is 0 Å². The molecule has 1 fully saturated rings. The van der Waals surface area contributed by atoms with Gasteiger partial charge in [-0.15, -0.1) is 5.06 Å². The normalized spacial score (nSPS) is 23.7. The van der Waals surface area contributed by atoms with Gasteiger partial charge in [0.05, 0.1) is 17.2 Å². The number of nitrogens with one attached hydrogen (secondary N) is 1. The first-order valence-electron chi connectivity index (χ1n) is 7.95. The summed E-state index contributed by atoms with van der Waals surface area (Å²) in [4.78, 5) is 10.7. The number of aliphatic hydroxyl groups is 1. The first-order valence-corrected chi connectivity index (χ1v) is 7.95. The van der Waals surface area contributed by atoms with E-state index in [0.717, 1.165) is 0 Å². The van der Waals surface area contributed by atoms with Crippen LogP contribution in [-0.2, 0) is 4.84 Å². The van der Waals surface area contributed by atoms with Crippen molar-refractivity contribution in [3.8, 4) is 0 Å². The van der Waals surface area contributed by atoms with Crippen LogP contribution in [0.15, 0.2) is 4.99 Å². The summed E-state index contributed by atoms with van der Waals surface area (Å²) in [6, 6.07) is 0.967. The number of piperidine rings is 1. The van der Waals surface area contributed by atoms with Crippen LogP contribution in [0.4, 0.5) is 0 Å². The van der Waals surface area contributed by atoms with Crippen LogP contribution >= 0.6 is 0 Å². The zero-order valence-electron chi connectivity index (χ0n) is 14.9. The Balaban J connectivity index is 2.99. The lowest BCUT2D eigenvalue weighted by molar-refractivity contribution is -0.246. The highest BCUT2D eigenvalue weighted by molar-refractivity contribution is 5.73. The molecule has 1 saturated heterocycles. The van der Waals surface area contributed by atoms with Gasteiger partial charge in [0.25, 0.3) is 0 Å². The smallest absolute Gasteiger partial charge is 0.305 e. The van der Waals surface area contributed by atoms with E-state index in [1.165, 1.54) is 0 Å². The Labute approximate surface area is 129 Å². The maximum absolute atomic E-state index is 10.1.